The van der Waals surface area contributed by atoms with Gasteiger partial charge in [-0.2, -0.15) is 0 Å². The quantitative estimate of drug-likeness (QED) is 0.582. The van der Waals surface area contributed by atoms with Gasteiger partial charge in [-0.05, 0) is 38.1 Å². The van der Waals surface area contributed by atoms with E-state index < -0.39 is 5.97 Å². The summed E-state index contributed by atoms with van der Waals surface area (Å²) in [5, 5.41) is 31.8. The molecule has 2 aromatic rings. The van der Waals surface area contributed by atoms with Gasteiger partial charge in [0, 0.05) is 42.6 Å². The second-order valence-corrected chi connectivity index (χ2v) is 5.38. The molecule has 0 aliphatic rings. The van der Waals surface area contributed by atoms with Crippen molar-refractivity contribution in [2.24, 2.45) is 0 Å². The summed E-state index contributed by atoms with van der Waals surface area (Å²) in [4.78, 5) is 13.2. The van der Waals surface area contributed by atoms with Gasteiger partial charge in [0.25, 0.3) is 0 Å². The first-order chi connectivity index (χ1) is 11.5. The van der Waals surface area contributed by atoms with Crippen LogP contribution in [-0.4, -0.2) is 34.4 Å². The van der Waals surface area contributed by atoms with E-state index in [0.29, 0.717) is 17.8 Å². The zero-order valence-corrected chi connectivity index (χ0v) is 13.8. The van der Waals surface area contributed by atoms with Crippen LogP contribution in [0.25, 0.3) is 0 Å². The first-order valence-electron chi connectivity index (χ1n) is 7.83. The molecule has 0 spiro atoms. The largest absolute Gasteiger partial charge is 0.508 e. The van der Waals surface area contributed by atoms with Crippen molar-refractivity contribution < 1.29 is 20.1 Å². The van der Waals surface area contributed by atoms with E-state index >= 15 is 0 Å². The summed E-state index contributed by atoms with van der Waals surface area (Å²) in [5.74, 6) is -1.29. The Hall–Kier alpha value is -2.89. The number of phenols is 2. The van der Waals surface area contributed by atoms with Crippen molar-refractivity contribution >= 4 is 17.3 Å². The lowest BCUT2D eigenvalue weighted by atomic mass is 10.1. The lowest BCUT2D eigenvalue weighted by Crippen LogP contribution is -2.21. The van der Waals surface area contributed by atoms with Crippen LogP contribution in [0.3, 0.4) is 0 Å². The van der Waals surface area contributed by atoms with Crippen LogP contribution in [0.5, 0.6) is 11.5 Å². The molecule has 6 nitrogen and oxygen atoms in total. The molecule has 0 heterocycles. The number of carbonyl (C=O) groups is 1. The Bertz CT molecular complexity index is 727. The van der Waals surface area contributed by atoms with Crippen molar-refractivity contribution in [3.8, 4) is 11.5 Å². The molecule has 0 aromatic heterocycles. The lowest BCUT2D eigenvalue weighted by molar-refractivity contribution is 0.0694. The van der Waals surface area contributed by atoms with Gasteiger partial charge in [0.1, 0.15) is 17.1 Å². The smallest absolute Gasteiger partial charge is 0.339 e. The number of aromatic carboxylic acids is 1. The van der Waals surface area contributed by atoms with Crippen LogP contribution in [0.1, 0.15) is 29.8 Å². The maximum atomic E-state index is 11.0. The van der Waals surface area contributed by atoms with Crippen molar-refractivity contribution in [2.75, 3.05) is 23.3 Å². The number of aromatic hydroxyl groups is 2. The number of hydrogen-bond acceptors (Lipinski definition) is 5. The molecule has 2 rings (SSSR count). The second-order valence-electron chi connectivity index (χ2n) is 5.38. The molecule has 0 bridgehead atoms. The third-order valence-electron chi connectivity index (χ3n) is 3.91. The molecule has 2 aromatic carbocycles. The van der Waals surface area contributed by atoms with Crippen LogP contribution in [-0.2, 0) is 6.54 Å². The Morgan fingerprint density at radius 3 is 2.33 bits per heavy atom. The number of nitrogens with one attached hydrogen (secondary N) is 1. The molecule has 0 atom stereocenters. The summed E-state index contributed by atoms with van der Waals surface area (Å²) in [7, 11) is 0. The summed E-state index contributed by atoms with van der Waals surface area (Å²) in [6.07, 6.45) is 0. The van der Waals surface area contributed by atoms with Crippen LogP contribution in [0, 0.1) is 0 Å². The van der Waals surface area contributed by atoms with Gasteiger partial charge >= 0.3 is 5.97 Å². The number of carboxylic acid groups (broad SMARTS) is 1. The van der Waals surface area contributed by atoms with Crippen molar-refractivity contribution in [1.29, 1.82) is 0 Å². The highest BCUT2D eigenvalue weighted by Gasteiger charge is 2.11. The monoisotopic (exact) mass is 330 g/mol. The molecule has 0 unspecified atom stereocenters. The van der Waals surface area contributed by atoms with E-state index in [-0.39, 0.29) is 17.1 Å². The number of nitrogens with zero attached hydrogens (tertiary/aromatic N) is 1. The summed E-state index contributed by atoms with van der Waals surface area (Å²) < 4.78 is 0. The summed E-state index contributed by atoms with van der Waals surface area (Å²) in [5.41, 5.74) is 2.05. The zero-order chi connectivity index (χ0) is 17.7. The highest BCUT2D eigenvalue weighted by molar-refractivity contribution is 5.92. The molecular formula is C18H22N2O4. The first kappa shape index (κ1) is 17.5. The van der Waals surface area contributed by atoms with Crippen molar-refractivity contribution in [1.82, 2.24) is 0 Å². The number of benzene rings is 2. The van der Waals surface area contributed by atoms with E-state index in [1.54, 1.807) is 12.1 Å². The Morgan fingerprint density at radius 1 is 1.04 bits per heavy atom. The van der Waals surface area contributed by atoms with E-state index in [9.17, 15) is 15.0 Å². The van der Waals surface area contributed by atoms with Crippen molar-refractivity contribution in [2.45, 2.75) is 20.4 Å². The van der Waals surface area contributed by atoms with E-state index in [4.69, 9.17) is 5.11 Å². The Labute approximate surface area is 141 Å². The number of anilines is 2. The molecule has 128 valence electrons. The lowest BCUT2D eigenvalue weighted by Gasteiger charge is -2.21. The van der Waals surface area contributed by atoms with Crippen LogP contribution in [0.15, 0.2) is 36.4 Å². The maximum absolute atomic E-state index is 11.0. The van der Waals surface area contributed by atoms with Gasteiger partial charge in [0.2, 0.25) is 0 Å². The fourth-order valence-electron chi connectivity index (χ4n) is 2.50. The van der Waals surface area contributed by atoms with Crippen LogP contribution in [0.2, 0.25) is 0 Å². The number of carboxylic acids is 1. The van der Waals surface area contributed by atoms with E-state index in [2.05, 4.69) is 24.1 Å². The SMILES string of the molecule is CCN(CC)c1ccc(CNc2ccc(O)c(C(=O)O)c2)c(O)c1. The standard InChI is InChI=1S/C18H22N2O4/c1-3-20(4-2)14-7-5-12(17(22)10-14)11-19-13-6-8-16(21)15(9-13)18(23)24/h5-10,19,21-22H,3-4,11H2,1-2H3,(H,23,24). The molecule has 0 saturated heterocycles. The van der Waals surface area contributed by atoms with Crippen molar-refractivity contribution in [3.63, 3.8) is 0 Å². The molecule has 0 aliphatic carbocycles. The van der Waals surface area contributed by atoms with E-state index in [1.165, 1.54) is 12.1 Å². The molecule has 0 saturated carbocycles. The Kier molecular flexibility index (Phi) is 5.52. The molecular weight excluding hydrogens is 308 g/mol. The number of phenolic OH excluding ortho intramolecular Hbond substituents is 1. The fourth-order valence-corrected chi connectivity index (χ4v) is 2.50. The summed E-state index contributed by atoms with van der Waals surface area (Å²) in [6, 6.07) is 9.79. The first-order valence-corrected chi connectivity index (χ1v) is 7.83. The minimum absolute atomic E-state index is 0.166. The van der Waals surface area contributed by atoms with Gasteiger partial charge < -0.3 is 25.5 Å². The third-order valence-corrected chi connectivity index (χ3v) is 3.91. The van der Waals surface area contributed by atoms with Crippen LogP contribution >= 0.6 is 0 Å². The molecule has 4 N–H and O–H groups in total. The Balaban J connectivity index is 2.12. The zero-order valence-electron chi connectivity index (χ0n) is 13.8. The van der Waals surface area contributed by atoms with Gasteiger partial charge in [-0.1, -0.05) is 6.07 Å². The number of rotatable bonds is 7. The third kappa shape index (κ3) is 3.90. The van der Waals surface area contributed by atoms with Crippen LogP contribution in [0.4, 0.5) is 11.4 Å². The molecule has 0 amide bonds. The summed E-state index contributed by atoms with van der Waals surface area (Å²) >= 11 is 0. The molecule has 0 fully saturated rings. The molecule has 0 radical (unpaired) electrons. The van der Waals surface area contributed by atoms with E-state index in [1.807, 2.05) is 12.1 Å². The minimum atomic E-state index is -1.19. The summed E-state index contributed by atoms with van der Waals surface area (Å²) in [6.45, 7) is 6.17. The molecule has 6 heteroatoms. The predicted octanol–water partition coefficient (Wildman–Crippen LogP) is 3.25. The van der Waals surface area contributed by atoms with Gasteiger partial charge in [-0.25, -0.2) is 4.79 Å². The fraction of sp³-hybridized carbons (Fsp3) is 0.278. The topological polar surface area (TPSA) is 93.0 Å². The van der Waals surface area contributed by atoms with Gasteiger partial charge in [0.05, 0.1) is 0 Å². The number of hydrogen-bond donors (Lipinski definition) is 4. The molecule has 24 heavy (non-hydrogen) atoms. The second kappa shape index (κ2) is 7.59. The average Bonchev–Trinajstić information content (AvgIpc) is 2.56. The Morgan fingerprint density at radius 2 is 1.75 bits per heavy atom. The predicted molar refractivity (Wildman–Crippen MR) is 94.1 cm³/mol. The normalized spacial score (nSPS) is 10.4. The maximum Gasteiger partial charge on any atom is 0.339 e. The van der Waals surface area contributed by atoms with Gasteiger partial charge in [-0.15, -0.1) is 0 Å². The molecule has 0 aliphatic heterocycles. The average molecular weight is 330 g/mol. The van der Waals surface area contributed by atoms with Crippen LogP contribution < -0.4 is 10.2 Å². The van der Waals surface area contributed by atoms with Crippen molar-refractivity contribution in [3.05, 3.63) is 47.5 Å². The van der Waals surface area contributed by atoms with Gasteiger partial charge in [-0.3, -0.25) is 0 Å². The van der Waals surface area contributed by atoms with E-state index in [0.717, 1.165) is 18.8 Å². The van der Waals surface area contributed by atoms with Gasteiger partial charge in [0.15, 0.2) is 0 Å². The highest BCUT2D eigenvalue weighted by Crippen LogP contribution is 2.26. The minimum Gasteiger partial charge on any atom is -0.508 e. The highest BCUT2D eigenvalue weighted by atomic mass is 16.4.